The number of carbonyl (C=O) groups is 2. The number of hydrogen-bond acceptors (Lipinski definition) is 4. The third-order valence-corrected chi connectivity index (χ3v) is 2.82. The largest absolute Gasteiger partial charge is 0.491 e. The number of benzene rings is 1. The van der Waals surface area contributed by atoms with E-state index < -0.39 is 5.97 Å². The topological polar surface area (TPSA) is 72.8 Å². The van der Waals surface area contributed by atoms with E-state index in [-0.39, 0.29) is 30.3 Å². The van der Waals surface area contributed by atoms with Crippen LogP contribution in [-0.4, -0.2) is 30.8 Å². The van der Waals surface area contributed by atoms with Crippen LogP contribution >= 0.6 is 15.9 Å². The zero-order valence-electron chi connectivity index (χ0n) is 9.81. The van der Waals surface area contributed by atoms with Gasteiger partial charge in [0.05, 0.1) is 18.2 Å². The monoisotopic (exact) mass is 316 g/mol. The summed E-state index contributed by atoms with van der Waals surface area (Å²) in [5, 5.41) is 9.00. The number of para-hydroxylation sites is 1. The van der Waals surface area contributed by atoms with Gasteiger partial charge in [-0.2, -0.15) is 0 Å². The predicted molar refractivity (Wildman–Crippen MR) is 67.8 cm³/mol. The van der Waals surface area contributed by atoms with Crippen molar-refractivity contribution in [1.29, 1.82) is 0 Å². The molecule has 0 aromatic heterocycles. The predicted octanol–water partition coefficient (Wildman–Crippen LogP) is 2.48. The molecule has 18 heavy (non-hydrogen) atoms. The van der Waals surface area contributed by atoms with Crippen LogP contribution in [0.25, 0.3) is 0 Å². The minimum atomic E-state index is -1.06. The molecule has 0 amide bonds. The zero-order valence-corrected chi connectivity index (χ0v) is 11.4. The second kappa shape index (κ2) is 7.00. The minimum absolute atomic E-state index is 0.0856. The average molecular weight is 317 g/mol. The molecule has 0 aliphatic carbocycles. The summed E-state index contributed by atoms with van der Waals surface area (Å²) in [4.78, 5) is 21.9. The summed E-state index contributed by atoms with van der Waals surface area (Å²) in [6.07, 6.45) is 0.705. The molecule has 0 aliphatic heterocycles. The van der Waals surface area contributed by atoms with E-state index in [0.29, 0.717) is 10.9 Å². The number of ether oxygens (including phenoxy) is 2. The van der Waals surface area contributed by atoms with Gasteiger partial charge in [0, 0.05) is 6.42 Å². The van der Waals surface area contributed by atoms with Gasteiger partial charge in [-0.3, -0.25) is 4.79 Å². The Morgan fingerprint density at radius 3 is 2.72 bits per heavy atom. The molecule has 0 bridgehead atoms. The van der Waals surface area contributed by atoms with Crippen LogP contribution in [0.1, 0.15) is 23.2 Å². The molecule has 1 rings (SSSR count). The Morgan fingerprint density at radius 1 is 1.39 bits per heavy atom. The molecular weight excluding hydrogens is 304 g/mol. The number of carboxylic acids is 1. The lowest BCUT2D eigenvalue weighted by Gasteiger charge is -2.10. The van der Waals surface area contributed by atoms with Gasteiger partial charge in [0.1, 0.15) is 11.3 Å². The quantitative estimate of drug-likeness (QED) is 0.644. The molecule has 0 unspecified atom stereocenters. The third-order valence-electron chi connectivity index (χ3n) is 2.20. The van der Waals surface area contributed by atoms with Crippen molar-refractivity contribution in [1.82, 2.24) is 0 Å². The smallest absolute Gasteiger partial charge is 0.339 e. The maximum Gasteiger partial charge on any atom is 0.339 e. The van der Waals surface area contributed by atoms with Crippen molar-refractivity contribution in [3.8, 4) is 5.75 Å². The van der Waals surface area contributed by atoms with Crippen molar-refractivity contribution in [2.75, 3.05) is 13.7 Å². The van der Waals surface area contributed by atoms with Crippen LogP contribution in [0.3, 0.4) is 0 Å². The summed E-state index contributed by atoms with van der Waals surface area (Å²) < 4.78 is 10.4. The molecule has 1 N–H and O–H groups in total. The van der Waals surface area contributed by atoms with Crippen LogP contribution in [0, 0.1) is 0 Å². The highest BCUT2D eigenvalue weighted by atomic mass is 79.9. The van der Waals surface area contributed by atoms with Crippen molar-refractivity contribution < 1.29 is 24.2 Å². The summed E-state index contributed by atoms with van der Waals surface area (Å²) in [5.41, 5.74) is 0.0856. The fourth-order valence-electron chi connectivity index (χ4n) is 1.32. The number of esters is 1. The van der Waals surface area contributed by atoms with E-state index in [4.69, 9.17) is 9.84 Å². The van der Waals surface area contributed by atoms with Gasteiger partial charge in [0.25, 0.3) is 0 Å². The van der Waals surface area contributed by atoms with E-state index in [1.54, 1.807) is 12.1 Å². The van der Waals surface area contributed by atoms with E-state index in [0.717, 1.165) is 0 Å². The van der Waals surface area contributed by atoms with Crippen LogP contribution in [0.15, 0.2) is 22.7 Å². The molecule has 98 valence electrons. The highest BCUT2D eigenvalue weighted by Crippen LogP contribution is 2.29. The van der Waals surface area contributed by atoms with Gasteiger partial charge in [0.15, 0.2) is 0 Å². The Labute approximate surface area is 113 Å². The minimum Gasteiger partial charge on any atom is -0.491 e. The van der Waals surface area contributed by atoms with Crippen molar-refractivity contribution in [3.63, 3.8) is 0 Å². The molecule has 0 saturated carbocycles. The molecule has 0 radical (unpaired) electrons. The standard InChI is InChI=1S/C12H13BrO5/c1-17-10(14)6-3-7-18-11-8(12(15)16)4-2-5-9(11)13/h2,4-5H,3,6-7H2,1H3,(H,15,16). The SMILES string of the molecule is COC(=O)CCCOc1c(Br)cccc1C(=O)O. The Morgan fingerprint density at radius 2 is 2.11 bits per heavy atom. The lowest BCUT2D eigenvalue weighted by molar-refractivity contribution is -0.140. The van der Waals surface area contributed by atoms with Gasteiger partial charge >= 0.3 is 11.9 Å². The van der Waals surface area contributed by atoms with Crippen LogP contribution < -0.4 is 4.74 Å². The molecular formula is C12H13BrO5. The van der Waals surface area contributed by atoms with Crippen molar-refractivity contribution in [2.45, 2.75) is 12.8 Å². The molecule has 0 heterocycles. The number of hydrogen-bond donors (Lipinski definition) is 1. The number of aromatic carboxylic acids is 1. The highest BCUT2D eigenvalue weighted by molar-refractivity contribution is 9.10. The first-order valence-corrected chi connectivity index (χ1v) is 6.07. The van der Waals surface area contributed by atoms with Crippen molar-refractivity contribution >= 4 is 27.9 Å². The normalized spacial score (nSPS) is 9.89. The molecule has 5 nitrogen and oxygen atoms in total. The fourth-order valence-corrected chi connectivity index (χ4v) is 1.80. The summed E-state index contributed by atoms with van der Waals surface area (Å²) in [6.45, 7) is 0.248. The summed E-state index contributed by atoms with van der Waals surface area (Å²) in [6, 6.07) is 4.78. The number of rotatable bonds is 6. The van der Waals surface area contributed by atoms with Crippen molar-refractivity contribution in [3.05, 3.63) is 28.2 Å². The summed E-state index contributed by atoms with van der Waals surface area (Å²) in [5.74, 6) is -1.10. The van der Waals surface area contributed by atoms with Crippen LogP contribution in [-0.2, 0) is 9.53 Å². The van der Waals surface area contributed by atoms with Crippen LogP contribution in [0.5, 0.6) is 5.75 Å². The molecule has 1 aromatic carbocycles. The molecule has 6 heteroatoms. The van der Waals surface area contributed by atoms with E-state index in [1.165, 1.54) is 13.2 Å². The Hall–Kier alpha value is -1.56. The first kappa shape index (κ1) is 14.5. The van der Waals surface area contributed by atoms with Gasteiger partial charge in [-0.1, -0.05) is 6.07 Å². The first-order valence-electron chi connectivity index (χ1n) is 5.27. The van der Waals surface area contributed by atoms with Gasteiger partial charge < -0.3 is 14.6 Å². The second-order valence-corrected chi connectivity index (χ2v) is 4.30. The van der Waals surface area contributed by atoms with Crippen LogP contribution in [0.2, 0.25) is 0 Å². The lowest BCUT2D eigenvalue weighted by Crippen LogP contribution is -2.07. The molecule has 0 saturated heterocycles. The van der Waals surface area contributed by atoms with Gasteiger partial charge in [-0.25, -0.2) is 4.79 Å². The summed E-state index contributed by atoms with van der Waals surface area (Å²) in [7, 11) is 1.32. The highest BCUT2D eigenvalue weighted by Gasteiger charge is 2.14. The molecule has 0 atom stereocenters. The lowest BCUT2D eigenvalue weighted by atomic mass is 10.2. The number of carboxylic acid groups (broad SMARTS) is 1. The Balaban J connectivity index is 2.61. The van der Waals surface area contributed by atoms with Crippen LogP contribution in [0.4, 0.5) is 0 Å². The zero-order chi connectivity index (χ0) is 13.5. The van der Waals surface area contributed by atoms with Gasteiger partial charge in [0.2, 0.25) is 0 Å². The van der Waals surface area contributed by atoms with E-state index in [1.807, 2.05) is 0 Å². The van der Waals surface area contributed by atoms with Crippen molar-refractivity contribution in [2.24, 2.45) is 0 Å². The molecule has 0 fully saturated rings. The Kier molecular flexibility index (Phi) is 5.64. The fraction of sp³-hybridized carbons (Fsp3) is 0.333. The first-order chi connectivity index (χ1) is 8.56. The summed E-state index contributed by atoms with van der Waals surface area (Å²) >= 11 is 3.23. The molecule has 0 aliphatic rings. The van der Waals surface area contributed by atoms with E-state index in [9.17, 15) is 9.59 Å². The van der Waals surface area contributed by atoms with Gasteiger partial charge in [-0.05, 0) is 34.5 Å². The van der Waals surface area contributed by atoms with E-state index in [2.05, 4.69) is 20.7 Å². The average Bonchev–Trinajstić information content (AvgIpc) is 2.35. The Bertz CT molecular complexity index is 444. The molecule has 0 spiro atoms. The second-order valence-electron chi connectivity index (χ2n) is 3.45. The maximum absolute atomic E-state index is 11.0. The van der Waals surface area contributed by atoms with Gasteiger partial charge in [-0.15, -0.1) is 0 Å². The third kappa shape index (κ3) is 4.03. The number of carbonyl (C=O) groups excluding carboxylic acids is 1. The van der Waals surface area contributed by atoms with E-state index >= 15 is 0 Å². The maximum atomic E-state index is 11.0. The number of halogens is 1. The molecule has 1 aromatic rings. The number of methoxy groups -OCH3 is 1.